The molecule has 2 rings (SSSR count). The summed E-state index contributed by atoms with van der Waals surface area (Å²) in [6.45, 7) is 4.80. The van der Waals surface area contributed by atoms with E-state index in [4.69, 9.17) is 5.73 Å². The Morgan fingerprint density at radius 3 is 2.56 bits per heavy atom. The number of aromatic nitrogens is 4. The van der Waals surface area contributed by atoms with Gasteiger partial charge in [0.15, 0.2) is 0 Å². The molecule has 3 N–H and O–H groups in total. The molecule has 0 radical (unpaired) electrons. The lowest BCUT2D eigenvalue weighted by atomic mass is 10.2. The van der Waals surface area contributed by atoms with Crippen LogP contribution in [-0.2, 0) is 27.1 Å². The fraction of sp³-hybridized carbons (Fsp3) is 0.500. The Morgan fingerprint density at radius 2 is 2.06 bits per heavy atom. The average molecular weight is 248 g/mol. The second-order valence-electron chi connectivity index (χ2n) is 4.42. The predicted molar refractivity (Wildman–Crippen MR) is 72.3 cm³/mol. The maximum atomic E-state index is 6.06. The summed E-state index contributed by atoms with van der Waals surface area (Å²) >= 11 is 0. The van der Waals surface area contributed by atoms with Gasteiger partial charge in [0.05, 0.1) is 17.6 Å². The number of hydrogen-bond donors (Lipinski definition) is 2. The smallest absolute Gasteiger partial charge is 0.148 e. The second-order valence-corrected chi connectivity index (χ2v) is 4.42. The molecule has 98 valence electrons. The molecule has 0 bridgehead atoms. The maximum absolute atomic E-state index is 6.06. The molecule has 0 aromatic carbocycles. The lowest BCUT2D eigenvalue weighted by Gasteiger charge is -2.07. The van der Waals surface area contributed by atoms with Crippen LogP contribution in [0, 0.1) is 6.92 Å². The minimum Gasteiger partial charge on any atom is -0.394 e. The summed E-state index contributed by atoms with van der Waals surface area (Å²) in [4.78, 5) is 0. The summed E-state index contributed by atoms with van der Waals surface area (Å²) in [6, 6.07) is 0. The third-order valence-electron chi connectivity index (χ3n) is 3.28. The molecule has 0 saturated carbocycles. The average Bonchev–Trinajstić information content (AvgIpc) is 2.80. The monoisotopic (exact) mass is 248 g/mol. The molecule has 2 heterocycles. The molecule has 2 aromatic rings. The molecule has 0 saturated heterocycles. The van der Waals surface area contributed by atoms with Gasteiger partial charge in [0.25, 0.3) is 0 Å². The van der Waals surface area contributed by atoms with Crippen molar-refractivity contribution >= 4 is 11.5 Å². The van der Waals surface area contributed by atoms with Gasteiger partial charge in [-0.15, -0.1) is 0 Å². The van der Waals surface area contributed by atoms with Gasteiger partial charge in [-0.05, 0) is 13.3 Å². The molecule has 6 nitrogen and oxygen atoms in total. The number of hydrogen-bond acceptors (Lipinski definition) is 4. The van der Waals surface area contributed by atoms with Crippen molar-refractivity contribution in [3.05, 3.63) is 23.1 Å². The first kappa shape index (κ1) is 12.5. The zero-order valence-corrected chi connectivity index (χ0v) is 11.4. The molecule has 0 atom stereocenters. The summed E-state index contributed by atoms with van der Waals surface area (Å²) in [7, 11) is 3.83. The number of nitrogens with one attached hydrogen (secondary N) is 1. The lowest BCUT2D eigenvalue weighted by molar-refractivity contribution is 0.736. The van der Waals surface area contributed by atoms with Crippen LogP contribution in [0.1, 0.15) is 23.9 Å². The highest BCUT2D eigenvalue weighted by molar-refractivity contribution is 5.65. The van der Waals surface area contributed by atoms with Crippen LogP contribution in [0.3, 0.4) is 0 Å². The third-order valence-corrected chi connectivity index (χ3v) is 3.28. The topological polar surface area (TPSA) is 73.7 Å². The van der Waals surface area contributed by atoms with Crippen molar-refractivity contribution in [2.75, 3.05) is 11.1 Å². The van der Waals surface area contributed by atoms with E-state index in [1.165, 1.54) is 0 Å². The third kappa shape index (κ3) is 2.05. The standard InChI is InChI=1S/C12H20N6/c1-5-10-11(13)12(18(4)16-10)14-6-9-7-15-17(3)8(9)2/h7,14H,5-6,13H2,1-4H3. The summed E-state index contributed by atoms with van der Waals surface area (Å²) in [6.07, 6.45) is 2.71. The van der Waals surface area contributed by atoms with Gasteiger partial charge < -0.3 is 11.1 Å². The SMILES string of the molecule is CCc1nn(C)c(NCc2cnn(C)c2C)c1N. The Hall–Kier alpha value is -1.98. The first-order chi connectivity index (χ1) is 8.54. The van der Waals surface area contributed by atoms with Gasteiger partial charge in [-0.1, -0.05) is 6.92 Å². The van der Waals surface area contributed by atoms with E-state index in [1.54, 1.807) is 4.68 Å². The van der Waals surface area contributed by atoms with E-state index in [0.29, 0.717) is 6.54 Å². The first-order valence-corrected chi connectivity index (χ1v) is 6.07. The molecular formula is C12H20N6. The van der Waals surface area contributed by atoms with Gasteiger partial charge in [-0.3, -0.25) is 9.36 Å². The van der Waals surface area contributed by atoms with Crippen LogP contribution >= 0.6 is 0 Å². The van der Waals surface area contributed by atoms with E-state index in [0.717, 1.165) is 34.9 Å². The second kappa shape index (κ2) is 4.72. The number of aryl methyl sites for hydroxylation is 3. The predicted octanol–water partition coefficient (Wildman–Crippen LogP) is 1.22. The van der Waals surface area contributed by atoms with Crippen LogP contribution in [0.15, 0.2) is 6.20 Å². The zero-order chi connectivity index (χ0) is 13.3. The Kier molecular flexibility index (Phi) is 3.27. The van der Waals surface area contributed by atoms with E-state index >= 15 is 0 Å². The van der Waals surface area contributed by atoms with Gasteiger partial charge in [0, 0.05) is 31.9 Å². The van der Waals surface area contributed by atoms with Crippen LogP contribution in [-0.4, -0.2) is 19.6 Å². The number of rotatable bonds is 4. The van der Waals surface area contributed by atoms with Crippen LogP contribution in [0.4, 0.5) is 11.5 Å². The molecule has 18 heavy (non-hydrogen) atoms. The normalized spacial score (nSPS) is 10.9. The Labute approximate surface area is 107 Å². The van der Waals surface area contributed by atoms with Crippen molar-refractivity contribution in [2.45, 2.75) is 26.8 Å². The minimum atomic E-state index is 0.701. The van der Waals surface area contributed by atoms with E-state index in [-0.39, 0.29) is 0 Å². The molecule has 0 spiro atoms. The van der Waals surface area contributed by atoms with Crippen molar-refractivity contribution in [1.82, 2.24) is 19.6 Å². The summed E-state index contributed by atoms with van der Waals surface area (Å²) < 4.78 is 3.65. The number of nitrogen functional groups attached to an aromatic ring is 1. The first-order valence-electron chi connectivity index (χ1n) is 6.07. The minimum absolute atomic E-state index is 0.701. The molecule has 0 fully saturated rings. The molecule has 6 heteroatoms. The summed E-state index contributed by atoms with van der Waals surface area (Å²) in [5, 5.41) is 11.9. The Morgan fingerprint density at radius 1 is 1.33 bits per heavy atom. The van der Waals surface area contributed by atoms with E-state index in [1.807, 2.05) is 38.8 Å². The Balaban J connectivity index is 2.15. The summed E-state index contributed by atoms with van der Waals surface area (Å²) in [5.41, 5.74) is 10.0. The number of nitrogens with zero attached hydrogens (tertiary/aromatic N) is 4. The molecule has 0 amide bonds. The zero-order valence-electron chi connectivity index (χ0n) is 11.4. The van der Waals surface area contributed by atoms with Crippen molar-refractivity contribution in [2.24, 2.45) is 14.1 Å². The van der Waals surface area contributed by atoms with Gasteiger partial charge >= 0.3 is 0 Å². The van der Waals surface area contributed by atoms with Crippen LogP contribution in [0.5, 0.6) is 0 Å². The van der Waals surface area contributed by atoms with Gasteiger partial charge in [0.1, 0.15) is 5.82 Å². The van der Waals surface area contributed by atoms with Crippen molar-refractivity contribution in [1.29, 1.82) is 0 Å². The molecule has 2 aromatic heterocycles. The molecule has 0 aliphatic heterocycles. The largest absolute Gasteiger partial charge is 0.394 e. The fourth-order valence-electron chi connectivity index (χ4n) is 1.96. The van der Waals surface area contributed by atoms with Crippen molar-refractivity contribution < 1.29 is 0 Å². The molecule has 0 unspecified atom stereocenters. The number of nitrogens with two attached hydrogens (primary N) is 1. The lowest BCUT2D eigenvalue weighted by Crippen LogP contribution is -2.07. The summed E-state index contributed by atoms with van der Waals surface area (Å²) in [5.74, 6) is 0.870. The van der Waals surface area contributed by atoms with Crippen molar-refractivity contribution in [3.8, 4) is 0 Å². The highest BCUT2D eigenvalue weighted by atomic mass is 15.3. The quantitative estimate of drug-likeness (QED) is 0.853. The molecular weight excluding hydrogens is 228 g/mol. The highest BCUT2D eigenvalue weighted by Crippen LogP contribution is 2.23. The van der Waals surface area contributed by atoms with E-state index in [9.17, 15) is 0 Å². The van der Waals surface area contributed by atoms with Crippen LogP contribution in [0.25, 0.3) is 0 Å². The molecule has 0 aliphatic rings. The molecule has 0 aliphatic carbocycles. The fourth-order valence-corrected chi connectivity index (χ4v) is 1.96. The van der Waals surface area contributed by atoms with Gasteiger partial charge in [-0.25, -0.2) is 0 Å². The van der Waals surface area contributed by atoms with Crippen LogP contribution in [0.2, 0.25) is 0 Å². The number of anilines is 2. The van der Waals surface area contributed by atoms with E-state index < -0.39 is 0 Å². The van der Waals surface area contributed by atoms with Crippen molar-refractivity contribution in [3.63, 3.8) is 0 Å². The Bertz CT molecular complexity index is 551. The highest BCUT2D eigenvalue weighted by Gasteiger charge is 2.12. The van der Waals surface area contributed by atoms with Gasteiger partial charge in [-0.2, -0.15) is 10.2 Å². The maximum Gasteiger partial charge on any atom is 0.148 e. The van der Waals surface area contributed by atoms with Gasteiger partial charge in [0.2, 0.25) is 0 Å². The van der Waals surface area contributed by atoms with Crippen LogP contribution < -0.4 is 11.1 Å². The van der Waals surface area contributed by atoms with E-state index in [2.05, 4.69) is 15.5 Å².